The molecule has 0 aliphatic heterocycles. The van der Waals surface area contributed by atoms with Crippen molar-refractivity contribution >= 4 is 38.6 Å². The van der Waals surface area contributed by atoms with Crippen LogP contribution in [0.4, 0.5) is 0 Å². The maximum atomic E-state index is 5.45. The van der Waals surface area contributed by atoms with E-state index in [1.54, 1.807) is 29.8 Å². The minimum absolute atomic E-state index is 0.334. The normalized spacial score (nSPS) is 12.6. The van der Waals surface area contributed by atoms with Gasteiger partial charge in [-0.1, -0.05) is 6.92 Å². The van der Waals surface area contributed by atoms with E-state index in [9.17, 15) is 0 Å². The van der Waals surface area contributed by atoms with Gasteiger partial charge in [0.1, 0.15) is 5.75 Å². The number of rotatable bonds is 7. The van der Waals surface area contributed by atoms with E-state index in [4.69, 9.17) is 4.74 Å². The van der Waals surface area contributed by atoms with E-state index in [1.807, 2.05) is 6.07 Å². The van der Waals surface area contributed by atoms with Gasteiger partial charge in [-0.3, -0.25) is 0 Å². The molecule has 0 saturated carbocycles. The van der Waals surface area contributed by atoms with Crippen molar-refractivity contribution in [3.05, 3.63) is 37.1 Å². The number of methoxy groups -OCH3 is 1. The Bertz CT molecular complexity index is 509. The summed E-state index contributed by atoms with van der Waals surface area (Å²) in [5.41, 5.74) is 0. The second kappa shape index (κ2) is 7.43. The van der Waals surface area contributed by atoms with Crippen LogP contribution in [0, 0.1) is 0 Å². The highest BCUT2D eigenvalue weighted by Gasteiger charge is 2.18. The van der Waals surface area contributed by atoms with Crippen molar-refractivity contribution in [2.45, 2.75) is 25.8 Å². The Hall–Kier alpha value is -0.360. The second-order valence-corrected chi connectivity index (χ2v) is 7.77. The van der Waals surface area contributed by atoms with E-state index in [1.165, 1.54) is 13.5 Å². The molecule has 104 valence electrons. The van der Waals surface area contributed by atoms with E-state index < -0.39 is 0 Å². The van der Waals surface area contributed by atoms with Crippen molar-refractivity contribution in [2.75, 3.05) is 13.7 Å². The van der Waals surface area contributed by atoms with Gasteiger partial charge in [0.25, 0.3) is 0 Å². The third-order valence-electron chi connectivity index (χ3n) is 2.87. The van der Waals surface area contributed by atoms with Crippen LogP contribution in [-0.4, -0.2) is 13.7 Å². The molecule has 0 amide bonds. The van der Waals surface area contributed by atoms with Crippen molar-refractivity contribution in [1.29, 1.82) is 0 Å². The van der Waals surface area contributed by atoms with E-state index in [-0.39, 0.29) is 0 Å². The molecule has 1 N–H and O–H groups in total. The summed E-state index contributed by atoms with van der Waals surface area (Å²) in [6.45, 7) is 3.22. The first kappa shape index (κ1) is 15.0. The lowest BCUT2D eigenvalue weighted by Crippen LogP contribution is -2.23. The molecular weight excluding hydrogens is 342 g/mol. The zero-order valence-corrected chi connectivity index (χ0v) is 14.3. The van der Waals surface area contributed by atoms with Gasteiger partial charge in [0.05, 0.1) is 21.8 Å². The summed E-state index contributed by atoms with van der Waals surface area (Å²) in [5.74, 6) is 0.995. The Balaban J connectivity index is 2.15. The van der Waals surface area contributed by atoms with Gasteiger partial charge in [-0.05, 0) is 52.5 Å². The Labute approximate surface area is 130 Å². The predicted molar refractivity (Wildman–Crippen MR) is 87.6 cm³/mol. The topological polar surface area (TPSA) is 21.3 Å². The Morgan fingerprint density at radius 1 is 1.37 bits per heavy atom. The van der Waals surface area contributed by atoms with Gasteiger partial charge >= 0.3 is 0 Å². The molecule has 1 unspecified atom stereocenters. The van der Waals surface area contributed by atoms with E-state index in [0.717, 1.165) is 25.1 Å². The second-order valence-electron chi connectivity index (χ2n) is 4.27. The zero-order chi connectivity index (χ0) is 13.7. The average Bonchev–Trinajstić information content (AvgIpc) is 3.03. The largest absolute Gasteiger partial charge is 0.496 e. The molecule has 0 aliphatic rings. The zero-order valence-electron chi connectivity index (χ0n) is 11.1. The van der Waals surface area contributed by atoms with Crippen LogP contribution >= 0.6 is 38.6 Å². The molecule has 2 aromatic heterocycles. The summed E-state index contributed by atoms with van der Waals surface area (Å²) in [4.78, 5) is 2.68. The van der Waals surface area contributed by atoms with Crippen LogP contribution in [0.3, 0.4) is 0 Å². The molecule has 2 heterocycles. The van der Waals surface area contributed by atoms with Gasteiger partial charge in [-0.15, -0.1) is 22.7 Å². The van der Waals surface area contributed by atoms with Gasteiger partial charge in [0, 0.05) is 11.3 Å². The Kier molecular flexibility index (Phi) is 5.88. The average molecular weight is 360 g/mol. The van der Waals surface area contributed by atoms with Crippen LogP contribution < -0.4 is 10.1 Å². The lowest BCUT2D eigenvalue weighted by molar-refractivity contribution is 0.402. The number of ether oxygens (including phenoxy) is 1. The molecule has 1 atom stereocenters. The van der Waals surface area contributed by atoms with Crippen molar-refractivity contribution in [2.24, 2.45) is 0 Å². The van der Waals surface area contributed by atoms with Crippen LogP contribution in [0.5, 0.6) is 5.75 Å². The molecule has 0 radical (unpaired) electrons. The molecule has 0 aromatic carbocycles. The molecule has 0 saturated heterocycles. The standard InChI is InChI=1S/C14H18BrNOS2/c1-3-7-16-11(9-10-4-5-13(15)19-10)14-12(17-2)6-8-18-14/h4-6,8,11,16H,3,7,9H2,1-2H3. The molecule has 2 rings (SSSR count). The minimum atomic E-state index is 0.334. The van der Waals surface area contributed by atoms with E-state index >= 15 is 0 Å². The van der Waals surface area contributed by atoms with Crippen molar-refractivity contribution in [1.82, 2.24) is 5.32 Å². The summed E-state index contributed by atoms with van der Waals surface area (Å²) >= 11 is 7.09. The summed E-state index contributed by atoms with van der Waals surface area (Å²) in [7, 11) is 1.74. The van der Waals surface area contributed by atoms with Gasteiger partial charge in [-0.2, -0.15) is 0 Å². The first-order valence-electron chi connectivity index (χ1n) is 6.33. The molecular formula is C14H18BrNOS2. The number of halogens is 1. The third kappa shape index (κ3) is 4.05. The molecule has 19 heavy (non-hydrogen) atoms. The molecule has 2 aromatic rings. The fraction of sp³-hybridized carbons (Fsp3) is 0.429. The van der Waals surface area contributed by atoms with Crippen LogP contribution in [0.1, 0.15) is 29.1 Å². The van der Waals surface area contributed by atoms with Gasteiger partial charge < -0.3 is 10.1 Å². The Morgan fingerprint density at radius 3 is 2.84 bits per heavy atom. The smallest absolute Gasteiger partial charge is 0.134 e. The van der Waals surface area contributed by atoms with Crippen molar-refractivity contribution < 1.29 is 4.74 Å². The molecule has 0 fully saturated rings. The molecule has 5 heteroatoms. The summed E-state index contributed by atoms with van der Waals surface area (Å²) in [5, 5.41) is 5.72. The molecule has 0 bridgehead atoms. The predicted octanol–water partition coefficient (Wildman–Crippen LogP) is 4.86. The first-order chi connectivity index (χ1) is 9.24. The monoisotopic (exact) mass is 359 g/mol. The highest BCUT2D eigenvalue weighted by atomic mass is 79.9. The molecule has 0 spiro atoms. The summed E-state index contributed by atoms with van der Waals surface area (Å²) in [6.07, 6.45) is 2.14. The quantitative estimate of drug-likeness (QED) is 0.761. The van der Waals surface area contributed by atoms with E-state index in [0.29, 0.717) is 6.04 Å². The van der Waals surface area contributed by atoms with Crippen LogP contribution in [-0.2, 0) is 6.42 Å². The molecule has 2 nitrogen and oxygen atoms in total. The fourth-order valence-electron chi connectivity index (χ4n) is 1.97. The lowest BCUT2D eigenvalue weighted by Gasteiger charge is -2.18. The summed E-state index contributed by atoms with van der Waals surface area (Å²) in [6, 6.07) is 6.68. The van der Waals surface area contributed by atoms with Crippen LogP contribution in [0.25, 0.3) is 0 Å². The Morgan fingerprint density at radius 2 is 2.21 bits per heavy atom. The maximum Gasteiger partial charge on any atom is 0.134 e. The van der Waals surface area contributed by atoms with E-state index in [2.05, 4.69) is 45.7 Å². The maximum absolute atomic E-state index is 5.45. The lowest BCUT2D eigenvalue weighted by atomic mass is 10.1. The summed E-state index contributed by atoms with van der Waals surface area (Å²) < 4.78 is 6.64. The fourth-order valence-corrected chi connectivity index (χ4v) is 4.44. The third-order valence-corrected chi connectivity index (χ3v) is 5.53. The van der Waals surface area contributed by atoms with Crippen molar-refractivity contribution in [3.63, 3.8) is 0 Å². The van der Waals surface area contributed by atoms with Crippen molar-refractivity contribution in [3.8, 4) is 5.75 Å². The number of thiophene rings is 2. The molecule has 0 aliphatic carbocycles. The highest BCUT2D eigenvalue weighted by Crippen LogP contribution is 2.34. The SMILES string of the molecule is CCCNC(Cc1ccc(Br)s1)c1sccc1OC. The van der Waals surface area contributed by atoms with Gasteiger partial charge in [-0.25, -0.2) is 0 Å². The number of hydrogen-bond acceptors (Lipinski definition) is 4. The van der Waals surface area contributed by atoms with Gasteiger partial charge in [0.15, 0.2) is 0 Å². The van der Waals surface area contributed by atoms with Crippen LogP contribution in [0.2, 0.25) is 0 Å². The number of hydrogen-bond donors (Lipinski definition) is 1. The number of nitrogens with one attached hydrogen (secondary N) is 1. The first-order valence-corrected chi connectivity index (χ1v) is 8.82. The van der Waals surface area contributed by atoms with Gasteiger partial charge in [0.2, 0.25) is 0 Å². The minimum Gasteiger partial charge on any atom is -0.496 e. The highest BCUT2D eigenvalue weighted by molar-refractivity contribution is 9.11. The van der Waals surface area contributed by atoms with Crippen LogP contribution in [0.15, 0.2) is 27.4 Å².